The summed E-state index contributed by atoms with van der Waals surface area (Å²) in [6, 6.07) is 5.55. The standard InChI is InChI=1S/C19H29N3O3.ClH/c1-19(6-7-20-12-19)13-21(2)17-5-8-22(18(17)23)14-9-15(24-3)11-16(10-14)25-4;/h9-11,17,20H,5-8,12-13H2,1-4H3;1H. The number of methoxy groups -OCH3 is 2. The van der Waals surface area contributed by atoms with Crippen molar-refractivity contribution in [2.24, 2.45) is 5.41 Å². The third kappa shape index (κ3) is 4.24. The molecule has 7 heteroatoms. The number of halogens is 1. The molecule has 2 fully saturated rings. The number of nitrogens with one attached hydrogen (secondary N) is 1. The fourth-order valence-corrected chi connectivity index (χ4v) is 3.99. The minimum Gasteiger partial charge on any atom is -0.497 e. The lowest BCUT2D eigenvalue weighted by Crippen LogP contribution is -2.45. The SMILES string of the molecule is COc1cc(OC)cc(N2CCC(N(C)CC3(C)CCNC3)C2=O)c1.Cl. The van der Waals surface area contributed by atoms with Crippen LogP contribution in [0.25, 0.3) is 0 Å². The normalized spacial score (nSPS) is 25.5. The number of anilines is 1. The fraction of sp³-hybridized carbons (Fsp3) is 0.632. The number of hydrogen-bond donors (Lipinski definition) is 1. The fourth-order valence-electron chi connectivity index (χ4n) is 3.99. The molecule has 2 saturated heterocycles. The zero-order valence-corrected chi connectivity index (χ0v) is 16.9. The molecule has 0 saturated carbocycles. The predicted molar refractivity (Wildman–Crippen MR) is 106 cm³/mol. The second kappa shape index (κ2) is 8.46. The van der Waals surface area contributed by atoms with Crippen molar-refractivity contribution in [2.45, 2.75) is 25.8 Å². The molecule has 0 radical (unpaired) electrons. The number of amides is 1. The molecular weight excluding hydrogens is 354 g/mol. The van der Waals surface area contributed by atoms with Gasteiger partial charge in [0.2, 0.25) is 5.91 Å². The van der Waals surface area contributed by atoms with Gasteiger partial charge in [0.25, 0.3) is 0 Å². The summed E-state index contributed by atoms with van der Waals surface area (Å²) in [4.78, 5) is 17.1. The van der Waals surface area contributed by atoms with E-state index in [-0.39, 0.29) is 29.8 Å². The molecule has 146 valence electrons. The van der Waals surface area contributed by atoms with E-state index in [4.69, 9.17) is 9.47 Å². The highest BCUT2D eigenvalue weighted by atomic mass is 35.5. The Kier molecular flexibility index (Phi) is 6.77. The summed E-state index contributed by atoms with van der Waals surface area (Å²) in [5.74, 6) is 1.55. The van der Waals surface area contributed by atoms with Gasteiger partial charge in [-0.1, -0.05) is 6.92 Å². The highest BCUT2D eigenvalue weighted by Crippen LogP contribution is 2.33. The third-order valence-corrected chi connectivity index (χ3v) is 5.45. The predicted octanol–water partition coefficient (Wildman–Crippen LogP) is 2.16. The van der Waals surface area contributed by atoms with Crippen LogP contribution in [0, 0.1) is 5.41 Å². The van der Waals surface area contributed by atoms with Gasteiger partial charge in [-0.15, -0.1) is 12.4 Å². The van der Waals surface area contributed by atoms with Gasteiger partial charge in [-0.2, -0.15) is 0 Å². The molecular formula is C19H30ClN3O3. The summed E-state index contributed by atoms with van der Waals surface area (Å²) in [5.41, 5.74) is 1.09. The van der Waals surface area contributed by atoms with Gasteiger partial charge in [0, 0.05) is 37.8 Å². The molecule has 6 nitrogen and oxygen atoms in total. The monoisotopic (exact) mass is 383 g/mol. The lowest BCUT2D eigenvalue weighted by molar-refractivity contribution is -0.121. The van der Waals surface area contributed by atoms with Crippen molar-refractivity contribution in [2.75, 3.05) is 52.3 Å². The molecule has 0 bridgehead atoms. The maximum absolute atomic E-state index is 13.0. The quantitative estimate of drug-likeness (QED) is 0.815. The number of ether oxygens (including phenoxy) is 2. The van der Waals surface area contributed by atoms with Gasteiger partial charge in [-0.3, -0.25) is 9.69 Å². The van der Waals surface area contributed by atoms with Crippen LogP contribution in [0.1, 0.15) is 19.8 Å². The lowest BCUT2D eigenvalue weighted by atomic mass is 9.89. The number of hydrogen-bond acceptors (Lipinski definition) is 5. The van der Waals surface area contributed by atoms with E-state index in [9.17, 15) is 4.79 Å². The van der Waals surface area contributed by atoms with Gasteiger partial charge in [0.05, 0.1) is 25.9 Å². The Bertz CT molecular complexity index is 612. The van der Waals surface area contributed by atoms with E-state index in [1.807, 2.05) is 23.1 Å². The van der Waals surface area contributed by atoms with Crippen LogP contribution in [0.3, 0.4) is 0 Å². The molecule has 0 aliphatic carbocycles. The zero-order valence-electron chi connectivity index (χ0n) is 16.1. The first-order valence-corrected chi connectivity index (χ1v) is 8.91. The van der Waals surface area contributed by atoms with Crippen LogP contribution in [0.4, 0.5) is 5.69 Å². The molecule has 2 unspecified atom stereocenters. The summed E-state index contributed by atoms with van der Waals surface area (Å²) in [6.07, 6.45) is 2.01. The molecule has 2 heterocycles. The van der Waals surface area contributed by atoms with Crippen molar-refractivity contribution in [1.29, 1.82) is 0 Å². The Morgan fingerprint density at radius 2 is 1.92 bits per heavy atom. The molecule has 0 aromatic heterocycles. The number of carbonyl (C=O) groups is 1. The summed E-state index contributed by atoms with van der Waals surface area (Å²) in [6.45, 7) is 6.05. The number of carbonyl (C=O) groups excluding carboxylic acids is 1. The van der Waals surface area contributed by atoms with Crippen molar-refractivity contribution >= 4 is 24.0 Å². The van der Waals surface area contributed by atoms with Gasteiger partial charge in [0.15, 0.2) is 0 Å². The van der Waals surface area contributed by atoms with E-state index in [1.165, 1.54) is 0 Å². The van der Waals surface area contributed by atoms with Crippen LogP contribution < -0.4 is 19.7 Å². The summed E-state index contributed by atoms with van der Waals surface area (Å²) in [5, 5.41) is 3.43. The Balaban J connectivity index is 0.00000243. The van der Waals surface area contributed by atoms with Crippen LogP contribution in [-0.4, -0.2) is 64.3 Å². The Morgan fingerprint density at radius 3 is 2.46 bits per heavy atom. The van der Waals surface area contributed by atoms with E-state index in [0.717, 1.165) is 44.7 Å². The molecule has 0 spiro atoms. The number of nitrogens with zero attached hydrogens (tertiary/aromatic N) is 2. The minimum atomic E-state index is -0.0605. The van der Waals surface area contributed by atoms with Crippen molar-refractivity contribution in [3.63, 3.8) is 0 Å². The highest BCUT2D eigenvalue weighted by Gasteiger charge is 2.39. The third-order valence-electron chi connectivity index (χ3n) is 5.45. The van der Waals surface area contributed by atoms with Crippen molar-refractivity contribution in [3.05, 3.63) is 18.2 Å². The average Bonchev–Trinajstić information content (AvgIpc) is 3.20. The van der Waals surface area contributed by atoms with Crippen LogP contribution in [0.2, 0.25) is 0 Å². The first-order chi connectivity index (χ1) is 12.0. The molecule has 1 amide bonds. The van der Waals surface area contributed by atoms with Crippen LogP contribution in [0.5, 0.6) is 11.5 Å². The number of likely N-dealkylation sites (N-methyl/N-ethyl adjacent to an activating group) is 1. The molecule has 1 aromatic rings. The topological polar surface area (TPSA) is 54.0 Å². The smallest absolute Gasteiger partial charge is 0.244 e. The van der Waals surface area contributed by atoms with Gasteiger partial charge in [-0.05, 0) is 31.8 Å². The molecule has 1 N–H and O–H groups in total. The molecule has 3 rings (SSSR count). The minimum absolute atomic E-state index is 0. The van der Waals surface area contributed by atoms with E-state index < -0.39 is 0 Å². The van der Waals surface area contributed by atoms with Gasteiger partial charge in [-0.25, -0.2) is 0 Å². The first-order valence-electron chi connectivity index (χ1n) is 8.91. The van der Waals surface area contributed by atoms with E-state index in [1.54, 1.807) is 14.2 Å². The number of rotatable bonds is 6. The first kappa shape index (κ1) is 20.8. The van der Waals surface area contributed by atoms with Crippen molar-refractivity contribution in [3.8, 4) is 11.5 Å². The van der Waals surface area contributed by atoms with E-state index >= 15 is 0 Å². The van der Waals surface area contributed by atoms with Crippen LogP contribution in [0.15, 0.2) is 18.2 Å². The van der Waals surface area contributed by atoms with Crippen molar-refractivity contribution in [1.82, 2.24) is 10.2 Å². The second-order valence-corrected chi connectivity index (χ2v) is 7.52. The maximum atomic E-state index is 13.0. The average molecular weight is 384 g/mol. The molecule has 2 atom stereocenters. The summed E-state index contributed by atoms with van der Waals surface area (Å²) < 4.78 is 10.7. The van der Waals surface area contributed by atoms with Gasteiger partial charge >= 0.3 is 0 Å². The largest absolute Gasteiger partial charge is 0.497 e. The second-order valence-electron chi connectivity index (χ2n) is 7.52. The highest BCUT2D eigenvalue weighted by molar-refractivity contribution is 5.99. The summed E-state index contributed by atoms with van der Waals surface area (Å²) in [7, 11) is 5.32. The van der Waals surface area contributed by atoms with E-state index in [0.29, 0.717) is 11.5 Å². The maximum Gasteiger partial charge on any atom is 0.244 e. The molecule has 26 heavy (non-hydrogen) atoms. The number of benzene rings is 1. The van der Waals surface area contributed by atoms with E-state index in [2.05, 4.69) is 24.2 Å². The molecule has 2 aliphatic heterocycles. The summed E-state index contributed by atoms with van der Waals surface area (Å²) >= 11 is 0. The van der Waals surface area contributed by atoms with Crippen molar-refractivity contribution < 1.29 is 14.3 Å². The van der Waals surface area contributed by atoms with Gasteiger partial charge < -0.3 is 19.7 Å². The Morgan fingerprint density at radius 1 is 1.27 bits per heavy atom. The zero-order chi connectivity index (χ0) is 18.0. The van der Waals surface area contributed by atoms with Crippen LogP contribution >= 0.6 is 12.4 Å². The Hall–Kier alpha value is -1.50. The molecule has 2 aliphatic rings. The Labute approximate surface area is 162 Å². The van der Waals surface area contributed by atoms with Gasteiger partial charge in [0.1, 0.15) is 11.5 Å². The molecule has 1 aromatic carbocycles. The lowest BCUT2D eigenvalue weighted by Gasteiger charge is -2.32. The van der Waals surface area contributed by atoms with Crippen LogP contribution in [-0.2, 0) is 4.79 Å².